The van der Waals surface area contributed by atoms with Crippen LogP contribution in [0.5, 0.6) is 5.75 Å². The van der Waals surface area contributed by atoms with Crippen molar-refractivity contribution in [1.29, 1.82) is 0 Å². The Labute approximate surface area is 172 Å². The summed E-state index contributed by atoms with van der Waals surface area (Å²) >= 11 is 0. The maximum atomic E-state index is 13.5. The minimum Gasteiger partial charge on any atom is -0.481 e. The molecule has 0 saturated carbocycles. The third-order valence-electron chi connectivity index (χ3n) is 4.21. The van der Waals surface area contributed by atoms with Gasteiger partial charge in [-0.25, -0.2) is 12.8 Å². The van der Waals surface area contributed by atoms with E-state index in [9.17, 15) is 22.4 Å². The molecule has 0 bridgehead atoms. The molecule has 0 spiro atoms. The molecule has 2 aromatic carbocycles. The molecule has 0 atom stereocenters. The number of carbonyl (C=O) groups excluding carboxylic acids is 2. The number of rotatable bonds is 6. The van der Waals surface area contributed by atoms with Crippen LogP contribution < -0.4 is 15.6 Å². The molecule has 1 aliphatic rings. The van der Waals surface area contributed by atoms with E-state index in [0.29, 0.717) is 13.2 Å². The maximum absolute atomic E-state index is 13.5. The van der Waals surface area contributed by atoms with Gasteiger partial charge < -0.3 is 9.47 Å². The summed E-state index contributed by atoms with van der Waals surface area (Å²) in [5.74, 6) is -2.15. The lowest BCUT2D eigenvalue weighted by Gasteiger charge is -2.26. The lowest BCUT2D eigenvalue weighted by Crippen LogP contribution is -2.44. The predicted molar refractivity (Wildman–Crippen MR) is 104 cm³/mol. The Bertz CT molecular complexity index is 1020. The Morgan fingerprint density at radius 1 is 1.07 bits per heavy atom. The molecule has 0 aromatic heterocycles. The molecule has 0 aliphatic carbocycles. The average Bonchev–Trinajstić information content (AvgIpc) is 2.77. The number of nitrogens with one attached hydrogen (secondary N) is 2. The third kappa shape index (κ3) is 5.32. The number of nitrogens with zero attached hydrogens (tertiary/aromatic N) is 1. The molecule has 1 fully saturated rings. The number of carbonyl (C=O) groups is 2. The highest BCUT2D eigenvalue weighted by Gasteiger charge is 2.26. The van der Waals surface area contributed by atoms with Crippen LogP contribution in [0.15, 0.2) is 53.4 Å². The lowest BCUT2D eigenvalue weighted by molar-refractivity contribution is -0.123. The monoisotopic (exact) mass is 437 g/mol. The number of hydrogen-bond acceptors (Lipinski definition) is 6. The molecule has 9 nitrogen and oxygen atoms in total. The fourth-order valence-corrected chi connectivity index (χ4v) is 4.13. The highest BCUT2D eigenvalue weighted by atomic mass is 32.2. The molecule has 160 valence electrons. The Kier molecular flexibility index (Phi) is 6.98. The Morgan fingerprint density at radius 3 is 2.53 bits per heavy atom. The van der Waals surface area contributed by atoms with Crippen LogP contribution in [0.4, 0.5) is 4.39 Å². The summed E-state index contributed by atoms with van der Waals surface area (Å²) in [4.78, 5) is 24.1. The molecule has 1 aliphatic heterocycles. The van der Waals surface area contributed by atoms with E-state index < -0.39 is 34.3 Å². The van der Waals surface area contributed by atoms with Crippen molar-refractivity contribution in [2.24, 2.45) is 0 Å². The van der Waals surface area contributed by atoms with E-state index in [-0.39, 0.29) is 29.3 Å². The first-order valence-electron chi connectivity index (χ1n) is 9.02. The van der Waals surface area contributed by atoms with E-state index >= 15 is 0 Å². The molecule has 1 heterocycles. The summed E-state index contributed by atoms with van der Waals surface area (Å²) in [7, 11) is -3.76. The second-order valence-corrected chi connectivity index (χ2v) is 8.20. The van der Waals surface area contributed by atoms with Crippen molar-refractivity contribution in [1.82, 2.24) is 15.2 Å². The zero-order valence-corrected chi connectivity index (χ0v) is 16.7. The van der Waals surface area contributed by atoms with Crippen molar-refractivity contribution in [2.75, 3.05) is 32.9 Å². The minimum atomic E-state index is -3.76. The molecule has 0 unspecified atom stereocenters. The molecule has 11 heteroatoms. The van der Waals surface area contributed by atoms with Gasteiger partial charge in [0.2, 0.25) is 10.0 Å². The van der Waals surface area contributed by atoms with E-state index in [1.54, 1.807) is 6.07 Å². The molecular formula is C19H20FN3O6S. The number of amides is 2. The van der Waals surface area contributed by atoms with Crippen molar-refractivity contribution >= 4 is 21.8 Å². The van der Waals surface area contributed by atoms with E-state index in [2.05, 4.69) is 10.9 Å². The highest BCUT2D eigenvalue weighted by molar-refractivity contribution is 7.89. The van der Waals surface area contributed by atoms with Crippen LogP contribution in [0.2, 0.25) is 0 Å². The van der Waals surface area contributed by atoms with Crippen LogP contribution in [-0.2, 0) is 19.6 Å². The van der Waals surface area contributed by atoms with Crippen LogP contribution in [0, 0.1) is 5.82 Å². The molecule has 30 heavy (non-hydrogen) atoms. The first-order chi connectivity index (χ1) is 14.4. The summed E-state index contributed by atoms with van der Waals surface area (Å²) in [6, 6.07) is 11.0. The number of halogens is 1. The Balaban J connectivity index is 1.57. The topological polar surface area (TPSA) is 114 Å². The highest BCUT2D eigenvalue weighted by Crippen LogP contribution is 2.18. The van der Waals surface area contributed by atoms with Gasteiger partial charge in [0.1, 0.15) is 0 Å². The van der Waals surface area contributed by atoms with Gasteiger partial charge in [-0.3, -0.25) is 20.4 Å². The van der Waals surface area contributed by atoms with Gasteiger partial charge in [0.15, 0.2) is 18.2 Å². The van der Waals surface area contributed by atoms with E-state index in [1.165, 1.54) is 46.8 Å². The predicted octanol–water partition coefficient (Wildman–Crippen LogP) is 0.687. The van der Waals surface area contributed by atoms with Crippen molar-refractivity contribution in [3.8, 4) is 5.75 Å². The second-order valence-electron chi connectivity index (χ2n) is 6.27. The van der Waals surface area contributed by atoms with Gasteiger partial charge in [-0.1, -0.05) is 18.2 Å². The van der Waals surface area contributed by atoms with Crippen LogP contribution in [0.25, 0.3) is 0 Å². The van der Waals surface area contributed by atoms with Crippen molar-refractivity contribution < 1.29 is 31.9 Å². The largest absolute Gasteiger partial charge is 0.481 e. The van der Waals surface area contributed by atoms with Gasteiger partial charge in [0, 0.05) is 18.7 Å². The summed E-state index contributed by atoms with van der Waals surface area (Å²) in [5, 5.41) is 0. The van der Waals surface area contributed by atoms with Crippen LogP contribution in [0.1, 0.15) is 10.4 Å². The molecule has 0 radical (unpaired) electrons. The summed E-state index contributed by atoms with van der Waals surface area (Å²) in [6.45, 7) is 0.557. The van der Waals surface area contributed by atoms with Gasteiger partial charge in [0.05, 0.1) is 18.1 Å². The van der Waals surface area contributed by atoms with Gasteiger partial charge in [-0.15, -0.1) is 0 Å². The average molecular weight is 437 g/mol. The molecule has 2 aromatic rings. The minimum absolute atomic E-state index is 0.0359. The number of sulfonamides is 1. The first-order valence-corrected chi connectivity index (χ1v) is 10.5. The Hall–Kier alpha value is -3.02. The zero-order valence-electron chi connectivity index (χ0n) is 15.8. The van der Waals surface area contributed by atoms with Crippen LogP contribution in [-0.4, -0.2) is 57.4 Å². The maximum Gasteiger partial charge on any atom is 0.276 e. The number of morpholine rings is 1. The van der Waals surface area contributed by atoms with Gasteiger partial charge in [0.25, 0.3) is 11.8 Å². The van der Waals surface area contributed by atoms with Crippen LogP contribution >= 0.6 is 0 Å². The molecule has 2 N–H and O–H groups in total. The summed E-state index contributed by atoms with van der Waals surface area (Å²) < 4.78 is 50.3. The molecule has 1 saturated heterocycles. The SMILES string of the molecule is O=C(COc1ccccc1F)NNC(=O)c1cccc(S(=O)(=O)N2CCOCC2)c1. The fourth-order valence-electron chi connectivity index (χ4n) is 2.67. The van der Waals surface area contributed by atoms with Crippen molar-refractivity contribution in [3.63, 3.8) is 0 Å². The first kappa shape index (κ1) is 21.7. The fraction of sp³-hybridized carbons (Fsp3) is 0.263. The number of benzene rings is 2. The lowest BCUT2D eigenvalue weighted by atomic mass is 10.2. The standard InChI is InChI=1S/C19H20FN3O6S/c20-16-6-1-2-7-17(16)29-13-18(24)21-22-19(25)14-4-3-5-15(12-14)30(26,27)23-8-10-28-11-9-23/h1-7,12H,8-11,13H2,(H,21,24)(H,22,25). The smallest absolute Gasteiger partial charge is 0.276 e. The third-order valence-corrected chi connectivity index (χ3v) is 6.11. The quantitative estimate of drug-likeness (QED) is 0.643. The molecule has 2 amide bonds. The molecular weight excluding hydrogens is 417 g/mol. The van der Waals surface area contributed by atoms with Crippen molar-refractivity contribution in [3.05, 3.63) is 59.9 Å². The van der Waals surface area contributed by atoms with Gasteiger partial charge >= 0.3 is 0 Å². The van der Waals surface area contributed by atoms with Gasteiger partial charge in [-0.2, -0.15) is 4.31 Å². The van der Waals surface area contributed by atoms with Crippen molar-refractivity contribution in [2.45, 2.75) is 4.90 Å². The normalized spacial score (nSPS) is 14.7. The number of para-hydroxylation sites is 1. The zero-order chi connectivity index (χ0) is 21.6. The number of hydrazine groups is 1. The van der Waals surface area contributed by atoms with E-state index in [4.69, 9.17) is 9.47 Å². The molecule has 3 rings (SSSR count). The summed E-state index contributed by atoms with van der Waals surface area (Å²) in [6.07, 6.45) is 0. The Morgan fingerprint density at radius 2 is 1.80 bits per heavy atom. The van der Waals surface area contributed by atoms with E-state index in [1.807, 2.05) is 0 Å². The number of hydrogen-bond donors (Lipinski definition) is 2. The number of ether oxygens (including phenoxy) is 2. The van der Waals surface area contributed by atoms with Gasteiger partial charge in [-0.05, 0) is 30.3 Å². The second kappa shape index (κ2) is 9.65. The van der Waals surface area contributed by atoms with E-state index in [0.717, 1.165) is 0 Å². The summed E-state index contributed by atoms with van der Waals surface area (Å²) in [5.41, 5.74) is 4.34. The van der Waals surface area contributed by atoms with Crippen LogP contribution in [0.3, 0.4) is 0 Å².